The Morgan fingerprint density at radius 3 is 1.58 bits per heavy atom. The van der Waals surface area contributed by atoms with Crippen molar-refractivity contribution < 1.29 is 4.79 Å². The summed E-state index contributed by atoms with van der Waals surface area (Å²) in [5.41, 5.74) is 0. The van der Waals surface area contributed by atoms with Crippen LogP contribution >= 0.6 is 0 Å². The maximum atomic E-state index is 10.9. The number of hydrogen-bond donors (Lipinski definition) is 0. The van der Waals surface area contributed by atoms with Gasteiger partial charge in [-0.1, -0.05) is 72.6 Å². The van der Waals surface area contributed by atoms with Gasteiger partial charge in [0.2, 0.25) is 0 Å². The van der Waals surface area contributed by atoms with Gasteiger partial charge < -0.3 is 4.79 Å². The molecule has 0 aliphatic heterocycles. The Balaban J connectivity index is 3.42. The Labute approximate surface area is 121 Å². The van der Waals surface area contributed by atoms with Crippen LogP contribution in [0.2, 0.25) is 0 Å². The molecule has 0 saturated carbocycles. The molecule has 0 bridgehead atoms. The van der Waals surface area contributed by atoms with Gasteiger partial charge in [0.1, 0.15) is 5.78 Å². The number of hydrogen-bond acceptors (Lipinski definition) is 1. The van der Waals surface area contributed by atoms with E-state index in [4.69, 9.17) is 0 Å². The normalized spacial score (nSPS) is 14.6. The van der Waals surface area contributed by atoms with Crippen LogP contribution in [-0.2, 0) is 4.79 Å². The molecule has 114 valence electrons. The number of rotatable bonds is 12. The summed E-state index contributed by atoms with van der Waals surface area (Å²) in [6, 6.07) is 0. The Morgan fingerprint density at radius 2 is 1.16 bits per heavy atom. The van der Waals surface area contributed by atoms with Gasteiger partial charge >= 0.3 is 0 Å². The lowest BCUT2D eigenvalue weighted by molar-refractivity contribution is -0.117. The van der Waals surface area contributed by atoms with Gasteiger partial charge in [-0.25, -0.2) is 0 Å². The van der Waals surface area contributed by atoms with Crippen molar-refractivity contribution >= 4 is 5.78 Å². The molecule has 0 amide bonds. The lowest BCUT2D eigenvalue weighted by atomic mass is 9.92. The predicted molar refractivity (Wildman–Crippen MR) is 85.4 cm³/mol. The topological polar surface area (TPSA) is 17.1 Å². The summed E-state index contributed by atoms with van der Waals surface area (Å²) in [5.74, 6) is 2.88. The summed E-state index contributed by atoms with van der Waals surface area (Å²) in [5, 5.41) is 0. The molecule has 0 radical (unpaired) electrons. The van der Waals surface area contributed by atoms with Crippen LogP contribution in [0.4, 0.5) is 0 Å². The molecule has 0 heterocycles. The molecule has 0 spiro atoms. The first-order chi connectivity index (χ1) is 8.91. The standard InChI is InChI=1S/C18H36O/c1-15(2)9-6-10-16(3)11-7-12-17(4)13-8-14-18(5)19/h15-17H,6-14H2,1-5H3/t16?,17-/m1/s1. The van der Waals surface area contributed by atoms with Gasteiger partial charge in [0.25, 0.3) is 0 Å². The average Bonchev–Trinajstić information content (AvgIpc) is 2.27. The number of Topliss-reactive ketones (excluding diaryl/α,β-unsaturated/α-hetero) is 1. The van der Waals surface area contributed by atoms with Gasteiger partial charge in [0, 0.05) is 6.42 Å². The van der Waals surface area contributed by atoms with Crippen molar-refractivity contribution in [2.45, 2.75) is 92.4 Å². The second-order valence-electron chi connectivity index (χ2n) is 7.06. The number of ketones is 1. The van der Waals surface area contributed by atoms with Gasteiger partial charge in [-0.3, -0.25) is 0 Å². The number of carbonyl (C=O) groups excluding carboxylic acids is 1. The molecule has 1 nitrogen and oxygen atoms in total. The van der Waals surface area contributed by atoms with Crippen molar-refractivity contribution in [3.8, 4) is 0 Å². The van der Waals surface area contributed by atoms with Gasteiger partial charge in [-0.05, 0) is 31.1 Å². The van der Waals surface area contributed by atoms with Crippen LogP contribution in [-0.4, -0.2) is 5.78 Å². The maximum Gasteiger partial charge on any atom is 0.129 e. The summed E-state index contributed by atoms with van der Waals surface area (Å²) in [7, 11) is 0. The van der Waals surface area contributed by atoms with Gasteiger partial charge in [0.05, 0.1) is 0 Å². The molecular weight excluding hydrogens is 232 g/mol. The number of carbonyl (C=O) groups is 1. The fourth-order valence-corrected chi connectivity index (χ4v) is 2.68. The zero-order valence-electron chi connectivity index (χ0n) is 14.0. The fourth-order valence-electron chi connectivity index (χ4n) is 2.68. The molecule has 0 aliphatic carbocycles. The van der Waals surface area contributed by atoms with Crippen molar-refractivity contribution in [3.05, 3.63) is 0 Å². The van der Waals surface area contributed by atoms with E-state index in [0.717, 1.165) is 30.6 Å². The summed E-state index contributed by atoms with van der Waals surface area (Å²) < 4.78 is 0. The first kappa shape index (κ1) is 18.7. The summed E-state index contributed by atoms with van der Waals surface area (Å²) in [6.45, 7) is 11.1. The van der Waals surface area contributed by atoms with Crippen molar-refractivity contribution in [1.82, 2.24) is 0 Å². The zero-order valence-corrected chi connectivity index (χ0v) is 14.0. The predicted octanol–water partition coefficient (Wildman–Crippen LogP) is 6.01. The lowest BCUT2D eigenvalue weighted by Gasteiger charge is -2.14. The van der Waals surface area contributed by atoms with Crippen LogP contribution in [0.15, 0.2) is 0 Å². The smallest absolute Gasteiger partial charge is 0.129 e. The van der Waals surface area contributed by atoms with E-state index in [9.17, 15) is 4.79 Å². The van der Waals surface area contributed by atoms with Crippen LogP contribution in [0.3, 0.4) is 0 Å². The lowest BCUT2D eigenvalue weighted by Crippen LogP contribution is -2.01. The molecule has 0 aromatic carbocycles. The minimum atomic E-state index is 0.339. The molecule has 2 atom stereocenters. The second-order valence-corrected chi connectivity index (χ2v) is 7.06. The van der Waals surface area contributed by atoms with Crippen molar-refractivity contribution in [2.75, 3.05) is 0 Å². The van der Waals surface area contributed by atoms with Crippen LogP contribution < -0.4 is 0 Å². The molecule has 0 aromatic heterocycles. The van der Waals surface area contributed by atoms with Crippen LogP contribution in [0, 0.1) is 17.8 Å². The van der Waals surface area contributed by atoms with Crippen LogP contribution in [0.25, 0.3) is 0 Å². The average molecular weight is 268 g/mol. The third kappa shape index (κ3) is 13.9. The van der Waals surface area contributed by atoms with E-state index in [1.165, 1.54) is 44.9 Å². The SMILES string of the molecule is CC(=O)CCC[C@H](C)CCCC(C)CCCC(C)C. The monoisotopic (exact) mass is 268 g/mol. The molecule has 0 rings (SSSR count). The maximum absolute atomic E-state index is 10.9. The van der Waals surface area contributed by atoms with Gasteiger partial charge in [0.15, 0.2) is 0 Å². The first-order valence-corrected chi connectivity index (χ1v) is 8.41. The van der Waals surface area contributed by atoms with E-state index in [1.807, 2.05) is 0 Å². The highest BCUT2D eigenvalue weighted by Gasteiger charge is 2.06. The Bertz CT molecular complexity index is 220. The molecule has 0 aliphatic rings. The molecule has 1 heteroatoms. The van der Waals surface area contributed by atoms with Crippen molar-refractivity contribution in [2.24, 2.45) is 17.8 Å². The van der Waals surface area contributed by atoms with Crippen molar-refractivity contribution in [3.63, 3.8) is 0 Å². The highest BCUT2D eigenvalue weighted by atomic mass is 16.1. The molecule has 0 saturated heterocycles. The third-order valence-corrected chi connectivity index (χ3v) is 4.10. The summed E-state index contributed by atoms with van der Waals surface area (Å²) in [6.07, 6.45) is 11.3. The van der Waals surface area contributed by atoms with E-state index in [-0.39, 0.29) is 0 Å². The zero-order chi connectivity index (χ0) is 14.7. The van der Waals surface area contributed by atoms with E-state index < -0.39 is 0 Å². The van der Waals surface area contributed by atoms with E-state index in [2.05, 4.69) is 27.7 Å². The summed E-state index contributed by atoms with van der Waals surface area (Å²) >= 11 is 0. The molecule has 0 N–H and O–H groups in total. The van der Waals surface area contributed by atoms with E-state index >= 15 is 0 Å². The minimum Gasteiger partial charge on any atom is -0.300 e. The van der Waals surface area contributed by atoms with E-state index in [0.29, 0.717) is 5.78 Å². The Morgan fingerprint density at radius 1 is 0.737 bits per heavy atom. The molecule has 0 aromatic rings. The molecule has 1 unspecified atom stereocenters. The Hall–Kier alpha value is -0.330. The van der Waals surface area contributed by atoms with Gasteiger partial charge in [-0.2, -0.15) is 0 Å². The van der Waals surface area contributed by atoms with Gasteiger partial charge in [-0.15, -0.1) is 0 Å². The van der Waals surface area contributed by atoms with Crippen molar-refractivity contribution in [1.29, 1.82) is 0 Å². The molecule has 19 heavy (non-hydrogen) atoms. The largest absolute Gasteiger partial charge is 0.300 e. The second kappa shape index (κ2) is 11.5. The Kier molecular flexibility index (Phi) is 11.3. The highest BCUT2D eigenvalue weighted by molar-refractivity contribution is 5.75. The van der Waals surface area contributed by atoms with E-state index in [1.54, 1.807) is 6.92 Å². The fraction of sp³-hybridized carbons (Fsp3) is 0.944. The quantitative estimate of drug-likeness (QED) is 0.423. The van der Waals surface area contributed by atoms with Crippen LogP contribution in [0.5, 0.6) is 0 Å². The highest BCUT2D eigenvalue weighted by Crippen LogP contribution is 2.21. The van der Waals surface area contributed by atoms with Crippen LogP contribution in [0.1, 0.15) is 92.4 Å². The summed E-state index contributed by atoms with van der Waals surface area (Å²) in [4.78, 5) is 10.9. The molecule has 0 fully saturated rings. The molecular formula is C18H36O. The third-order valence-electron chi connectivity index (χ3n) is 4.10. The minimum absolute atomic E-state index is 0.339. The first-order valence-electron chi connectivity index (χ1n) is 8.41.